The van der Waals surface area contributed by atoms with Gasteiger partial charge in [-0.1, -0.05) is 30.7 Å². The molecule has 1 N–H and O–H groups in total. The highest BCUT2D eigenvalue weighted by molar-refractivity contribution is 7.89. The van der Waals surface area contributed by atoms with Gasteiger partial charge in [0.1, 0.15) is 0 Å². The summed E-state index contributed by atoms with van der Waals surface area (Å²) in [6.07, 6.45) is 2.81. The van der Waals surface area contributed by atoms with Crippen molar-refractivity contribution < 1.29 is 22.7 Å². The maximum absolute atomic E-state index is 13.0. The highest BCUT2D eigenvalue weighted by atomic mass is 32.2. The van der Waals surface area contributed by atoms with Crippen LogP contribution in [-0.4, -0.2) is 51.0 Å². The summed E-state index contributed by atoms with van der Waals surface area (Å²) in [5, 5.41) is 2.90. The zero-order chi connectivity index (χ0) is 23.7. The van der Waals surface area contributed by atoms with Crippen molar-refractivity contribution >= 4 is 15.9 Å². The lowest BCUT2D eigenvalue weighted by Gasteiger charge is -2.32. The number of hydrogen-bond acceptors (Lipinski definition) is 5. The molecule has 1 heterocycles. The van der Waals surface area contributed by atoms with Crippen molar-refractivity contribution in [2.24, 2.45) is 0 Å². The molecule has 1 aliphatic rings. The third-order valence-corrected chi connectivity index (χ3v) is 7.78. The highest BCUT2D eigenvalue weighted by Gasteiger charge is 2.30. The number of hydrogen-bond donors (Lipinski definition) is 1. The Morgan fingerprint density at radius 3 is 2.52 bits per heavy atom. The van der Waals surface area contributed by atoms with Gasteiger partial charge in [-0.3, -0.25) is 4.79 Å². The maximum atomic E-state index is 13.0. The van der Waals surface area contributed by atoms with Crippen LogP contribution in [-0.2, 0) is 32.6 Å². The second-order valence-electron chi connectivity index (χ2n) is 8.24. The van der Waals surface area contributed by atoms with Crippen molar-refractivity contribution in [2.45, 2.75) is 57.2 Å². The van der Waals surface area contributed by atoms with Crippen molar-refractivity contribution in [1.29, 1.82) is 0 Å². The molecule has 0 spiro atoms. The second-order valence-corrected chi connectivity index (χ2v) is 10.1. The minimum absolute atomic E-state index is 0.00226. The molecule has 0 radical (unpaired) electrons. The van der Waals surface area contributed by atoms with Crippen molar-refractivity contribution in [3.05, 3.63) is 65.2 Å². The van der Waals surface area contributed by atoms with Crippen LogP contribution in [0.5, 0.6) is 0 Å². The quantitative estimate of drug-likeness (QED) is 0.502. The molecule has 1 amide bonds. The predicted molar refractivity (Wildman–Crippen MR) is 127 cm³/mol. The Morgan fingerprint density at radius 1 is 1.06 bits per heavy atom. The number of benzene rings is 2. The summed E-state index contributed by atoms with van der Waals surface area (Å²) in [6, 6.07) is 14.0. The van der Waals surface area contributed by atoms with Crippen LogP contribution < -0.4 is 5.32 Å². The largest absolute Gasteiger partial charge is 0.379 e. The van der Waals surface area contributed by atoms with Crippen molar-refractivity contribution in [3.63, 3.8) is 0 Å². The van der Waals surface area contributed by atoms with Gasteiger partial charge in [-0.25, -0.2) is 8.42 Å². The van der Waals surface area contributed by atoms with Gasteiger partial charge < -0.3 is 14.8 Å². The molecular weight excluding hydrogens is 440 g/mol. The Kier molecular flexibility index (Phi) is 9.43. The lowest BCUT2D eigenvalue weighted by Crippen LogP contribution is -2.41. The lowest BCUT2D eigenvalue weighted by molar-refractivity contribution is 0.0453. The van der Waals surface area contributed by atoms with E-state index in [1.165, 1.54) is 12.1 Å². The Labute approximate surface area is 197 Å². The van der Waals surface area contributed by atoms with E-state index in [2.05, 4.69) is 5.32 Å². The highest BCUT2D eigenvalue weighted by Crippen LogP contribution is 2.25. The molecule has 1 unspecified atom stereocenters. The summed E-state index contributed by atoms with van der Waals surface area (Å²) < 4.78 is 38.3. The summed E-state index contributed by atoms with van der Waals surface area (Å²) in [5.41, 5.74) is 2.42. The average molecular weight is 475 g/mol. The topological polar surface area (TPSA) is 84.9 Å². The molecule has 1 saturated heterocycles. The number of nitrogens with one attached hydrogen (secondary N) is 1. The van der Waals surface area contributed by atoms with E-state index in [1.807, 2.05) is 38.1 Å². The molecule has 2 aromatic rings. The number of ether oxygens (including phenoxy) is 2. The van der Waals surface area contributed by atoms with Gasteiger partial charge in [0.05, 0.1) is 24.7 Å². The number of rotatable bonds is 11. The minimum Gasteiger partial charge on any atom is -0.379 e. The Balaban J connectivity index is 1.54. The third kappa shape index (κ3) is 7.11. The van der Waals surface area contributed by atoms with Gasteiger partial charge in [0, 0.05) is 31.3 Å². The molecule has 1 aliphatic heterocycles. The predicted octanol–water partition coefficient (Wildman–Crippen LogP) is 3.73. The Bertz CT molecular complexity index is 1010. The number of carbonyl (C=O) groups is 1. The average Bonchev–Trinajstić information content (AvgIpc) is 2.83. The summed E-state index contributed by atoms with van der Waals surface area (Å²) in [6.45, 7) is 7.08. The van der Waals surface area contributed by atoms with E-state index in [1.54, 1.807) is 16.4 Å². The van der Waals surface area contributed by atoms with Gasteiger partial charge in [-0.2, -0.15) is 4.31 Å². The summed E-state index contributed by atoms with van der Waals surface area (Å²) in [7, 11) is -3.54. The summed E-state index contributed by atoms with van der Waals surface area (Å²) >= 11 is 0. The van der Waals surface area contributed by atoms with Gasteiger partial charge >= 0.3 is 0 Å². The molecule has 1 fully saturated rings. The molecule has 2 aromatic carbocycles. The Hall–Kier alpha value is -2.26. The molecule has 180 valence electrons. The third-order valence-electron chi connectivity index (χ3n) is 5.75. The van der Waals surface area contributed by atoms with E-state index in [9.17, 15) is 13.2 Å². The first kappa shape index (κ1) is 25.4. The number of piperidine rings is 1. The number of nitrogens with zero attached hydrogens (tertiary/aromatic N) is 1. The molecule has 0 aromatic heterocycles. The minimum atomic E-state index is -3.54. The van der Waals surface area contributed by atoms with Gasteiger partial charge in [-0.05, 0) is 62.1 Å². The van der Waals surface area contributed by atoms with Crippen molar-refractivity contribution in [2.75, 3.05) is 26.4 Å². The Morgan fingerprint density at radius 2 is 1.79 bits per heavy atom. The number of amides is 1. The van der Waals surface area contributed by atoms with Gasteiger partial charge in [0.2, 0.25) is 10.0 Å². The van der Waals surface area contributed by atoms with Crippen LogP contribution in [0.1, 0.15) is 54.6 Å². The van der Waals surface area contributed by atoms with Gasteiger partial charge in [-0.15, -0.1) is 0 Å². The summed E-state index contributed by atoms with van der Waals surface area (Å²) in [4.78, 5) is 12.8. The van der Waals surface area contributed by atoms with Crippen LogP contribution in [0.2, 0.25) is 0 Å². The molecule has 0 bridgehead atoms. The van der Waals surface area contributed by atoms with Crippen molar-refractivity contribution in [1.82, 2.24) is 9.62 Å². The van der Waals surface area contributed by atoms with Crippen LogP contribution in [0, 0.1) is 0 Å². The monoisotopic (exact) mass is 474 g/mol. The van der Waals surface area contributed by atoms with Gasteiger partial charge in [0.15, 0.2) is 0 Å². The molecule has 33 heavy (non-hydrogen) atoms. The van der Waals surface area contributed by atoms with E-state index < -0.39 is 10.0 Å². The van der Waals surface area contributed by atoms with Crippen LogP contribution in [0.3, 0.4) is 0 Å². The fraction of sp³-hybridized carbons (Fsp3) is 0.480. The van der Waals surface area contributed by atoms with Crippen LogP contribution in [0.4, 0.5) is 0 Å². The molecule has 1 atom stereocenters. The van der Waals surface area contributed by atoms with Crippen LogP contribution >= 0.6 is 0 Å². The molecular formula is C25H34N2O5S. The standard InChI is InChI=1S/C25H34N2O5S/c1-3-31-15-16-32-19-22-9-6-8-21(17-22)18-26-25(28)23-10-12-24(13-11-23)33(29,30)27-14-5-4-7-20(27)2/h6,8-13,17,20H,3-5,7,14-16,18-19H2,1-2H3,(H,26,28). The maximum Gasteiger partial charge on any atom is 0.251 e. The molecule has 0 aliphatic carbocycles. The SMILES string of the molecule is CCOCCOCc1cccc(CNC(=O)c2ccc(S(=O)(=O)N3CCCCC3C)cc2)c1. The first-order valence-corrected chi connectivity index (χ1v) is 13.0. The second kappa shape index (κ2) is 12.3. The van der Waals surface area contributed by atoms with Crippen LogP contribution in [0.15, 0.2) is 53.4 Å². The normalized spacial score (nSPS) is 17.1. The summed E-state index contributed by atoms with van der Waals surface area (Å²) in [5.74, 6) is -0.247. The van der Waals surface area contributed by atoms with Crippen molar-refractivity contribution in [3.8, 4) is 0 Å². The lowest BCUT2D eigenvalue weighted by atomic mass is 10.1. The van der Waals surface area contributed by atoms with Gasteiger partial charge in [0.25, 0.3) is 5.91 Å². The fourth-order valence-corrected chi connectivity index (χ4v) is 5.61. The molecule has 3 rings (SSSR count). The molecule has 0 saturated carbocycles. The van der Waals surface area contributed by atoms with E-state index in [0.29, 0.717) is 45.1 Å². The van der Waals surface area contributed by atoms with E-state index in [4.69, 9.17) is 9.47 Å². The first-order valence-electron chi connectivity index (χ1n) is 11.5. The zero-order valence-electron chi connectivity index (χ0n) is 19.5. The molecule has 8 heteroatoms. The van der Waals surface area contributed by atoms with E-state index >= 15 is 0 Å². The fourth-order valence-electron chi connectivity index (χ4n) is 3.91. The van der Waals surface area contributed by atoms with E-state index in [0.717, 1.165) is 30.4 Å². The van der Waals surface area contributed by atoms with E-state index in [-0.39, 0.29) is 16.8 Å². The van der Waals surface area contributed by atoms with Crippen LogP contribution in [0.25, 0.3) is 0 Å². The smallest absolute Gasteiger partial charge is 0.251 e. The number of sulfonamides is 1. The zero-order valence-corrected chi connectivity index (χ0v) is 20.3. The molecule has 7 nitrogen and oxygen atoms in total. The number of carbonyl (C=O) groups excluding carboxylic acids is 1. The first-order chi connectivity index (χ1) is 15.9.